The quantitative estimate of drug-likeness (QED) is 0.592. The highest BCUT2D eigenvalue weighted by Crippen LogP contribution is 2.55. The second kappa shape index (κ2) is 6.04. The topological polar surface area (TPSA) is 52.6 Å². The van der Waals surface area contributed by atoms with Crippen LogP contribution in [0.15, 0.2) is 23.3 Å². The summed E-state index contributed by atoms with van der Waals surface area (Å²) < 4.78 is 9.93. The predicted octanol–water partition coefficient (Wildman–Crippen LogP) is 3.03. The van der Waals surface area contributed by atoms with Gasteiger partial charge in [0.15, 0.2) is 5.41 Å². The van der Waals surface area contributed by atoms with Gasteiger partial charge in [-0.15, -0.1) is 0 Å². The van der Waals surface area contributed by atoms with Gasteiger partial charge in [0.25, 0.3) is 0 Å². The number of fused-ring (bicyclic) bond motifs is 1. The second-order valence-corrected chi connectivity index (χ2v) is 5.92. The van der Waals surface area contributed by atoms with Gasteiger partial charge in [0.05, 0.1) is 14.2 Å². The van der Waals surface area contributed by atoms with Crippen molar-refractivity contribution in [2.24, 2.45) is 17.3 Å². The van der Waals surface area contributed by atoms with Crippen molar-refractivity contribution >= 4 is 11.9 Å². The van der Waals surface area contributed by atoms with Gasteiger partial charge in [-0.1, -0.05) is 30.6 Å². The molecule has 0 radical (unpaired) electrons. The van der Waals surface area contributed by atoms with E-state index >= 15 is 0 Å². The molecule has 2 atom stereocenters. The van der Waals surface area contributed by atoms with Gasteiger partial charge in [-0.2, -0.15) is 0 Å². The van der Waals surface area contributed by atoms with E-state index in [0.29, 0.717) is 0 Å². The van der Waals surface area contributed by atoms with Crippen molar-refractivity contribution in [1.82, 2.24) is 0 Å². The molecule has 1 saturated carbocycles. The Morgan fingerprint density at radius 1 is 1.19 bits per heavy atom. The number of hydrogen-bond donors (Lipinski definition) is 0. The SMILES string of the molecule is C/C=C(/C)C1=CC(C(=O)OC)(C(=O)OC)[C@@H]2CCCC[C@H]12. The van der Waals surface area contributed by atoms with E-state index in [9.17, 15) is 9.59 Å². The van der Waals surface area contributed by atoms with E-state index in [2.05, 4.69) is 0 Å². The fourth-order valence-corrected chi connectivity index (χ4v) is 3.92. The number of rotatable bonds is 3. The van der Waals surface area contributed by atoms with Gasteiger partial charge in [-0.05, 0) is 44.1 Å². The van der Waals surface area contributed by atoms with Crippen LogP contribution >= 0.6 is 0 Å². The summed E-state index contributed by atoms with van der Waals surface area (Å²) in [6.45, 7) is 4.01. The minimum Gasteiger partial charge on any atom is -0.468 e. The number of hydrogen-bond acceptors (Lipinski definition) is 4. The van der Waals surface area contributed by atoms with Gasteiger partial charge in [0, 0.05) is 0 Å². The molecule has 0 bridgehead atoms. The highest BCUT2D eigenvalue weighted by Gasteiger charge is 2.60. The van der Waals surface area contributed by atoms with Gasteiger partial charge >= 0.3 is 11.9 Å². The second-order valence-electron chi connectivity index (χ2n) is 5.92. The molecular weight excluding hydrogens is 268 g/mol. The fraction of sp³-hybridized carbons (Fsp3) is 0.647. The largest absolute Gasteiger partial charge is 0.468 e. The van der Waals surface area contributed by atoms with Crippen LogP contribution in [-0.2, 0) is 19.1 Å². The molecule has 1 fully saturated rings. The van der Waals surface area contributed by atoms with Crippen LogP contribution in [0.1, 0.15) is 39.5 Å². The number of carbonyl (C=O) groups excluding carboxylic acids is 2. The molecule has 0 heterocycles. The van der Waals surface area contributed by atoms with E-state index < -0.39 is 17.4 Å². The fourth-order valence-electron chi connectivity index (χ4n) is 3.92. The Morgan fingerprint density at radius 2 is 1.76 bits per heavy atom. The molecule has 21 heavy (non-hydrogen) atoms. The van der Waals surface area contributed by atoms with Crippen molar-refractivity contribution in [2.45, 2.75) is 39.5 Å². The lowest BCUT2D eigenvalue weighted by molar-refractivity contribution is -0.170. The lowest BCUT2D eigenvalue weighted by atomic mass is 9.67. The van der Waals surface area contributed by atoms with E-state index in [1.807, 2.05) is 26.0 Å². The van der Waals surface area contributed by atoms with E-state index in [4.69, 9.17) is 9.47 Å². The average molecular weight is 292 g/mol. The summed E-state index contributed by atoms with van der Waals surface area (Å²) in [6, 6.07) is 0. The summed E-state index contributed by atoms with van der Waals surface area (Å²) in [7, 11) is 2.67. The van der Waals surface area contributed by atoms with Gasteiger partial charge in [-0.3, -0.25) is 9.59 Å². The molecule has 0 N–H and O–H groups in total. The van der Waals surface area contributed by atoms with Crippen LogP contribution in [0.4, 0.5) is 0 Å². The molecule has 0 aliphatic heterocycles. The summed E-state index contributed by atoms with van der Waals surface area (Å²) in [5.41, 5.74) is 0.966. The molecule has 116 valence electrons. The maximum Gasteiger partial charge on any atom is 0.327 e. The third kappa shape index (κ3) is 2.30. The van der Waals surface area contributed by atoms with E-state index in [1.54, 1.807) is 0 Å². The number of methoxy groups -OCH3 is 2. The molecule has 2 aliphatic carbocycles. The Labute approximate surface area is 126 Å². The first-order valence-corrected chi connectivity index (χ1v) is 7.55. The Morgan fingerprint density at radius 3 is 2.29 bits per heavy atom. The van der Waals surface area contributed by atoms with Crippen molar-refractivity contribution in [3.8, 4) is 0 Å². The summed E-state index contributed by atoms with van der Waals surface area (Å²) >= 11 is 0. The smallest absolute Gasteiger partial charge is 0.327 e. The lowest BCUT2D eigenvalue weighted by Gasteiger charge is -2.36. The molecule has 0 aromatic rings. The molecular formula is C17H24O4. The summed E-state index contributed by atoms with van der Waals surface area (Å²) in [5, 5.41) is 0. The molecule has 0 aromatic heterocycles. The molecule has 0 amide bonds. The van der Waals surface area contributed by atoms with E-state index in [-0.39, 0.29) is 11.8 Å². The Bertz CT molecular complexity index is 485. The van der Waals surface area contributed by atoms with Gasteiger partial charge in [-0.25, -0.2) is 0 Å². The Kier molecular flexibility index (Phi) is 4.55. The van der Waals surface area contributed by atoms with Gasteiger partial charge in [0.1, 0.15) is 0 Å². The molecule has 0 spiro atoms. The third-order valence-electron chi connectivity index (χ3n) is 5.07. The standard InChI is InChI=1S/C17H24O4/c1-5-11(2)13-10-17(15(18)20-3,16(19)21-4)14-9-7-6-8-12(13)14/h5,10,12,14H,6-9H2,1-4H3/b11-5-/t12-,14-/m1/s1. The van der Waals surface area contributed by atoms with Crippen molar-refractivity contribution < 1.29 is 19.1 Å². The van der Waals surface area contributed by atoms with Gasteiger partial charge < -0.3 is 9.47 Å². The highest BCUT2D eigenvalue weighted by atomic mass is 16.5. The van der Waals surface area contributed by atoms with E-state index in [0.717, 1.165) is 36.8 Å². The molecule has 4 nitrogen and oxygen atoms in total. The monoisotopic (exact) mass is 292 g/mol. The minimum absolute atomic E-state index is 0.0453. The van der Waals surface area contributed by atoms with Crippen LogP contribution in [0, 0.1) is 17.3 Å². The number of esters is 2. The Balaban J connectivity index is 2.58. The highest BCUT2D eigenvalue weighted by molar-refractivity contribution is 6.03. The zero-order chi connectivity index (χ0) is 15.6. The minimum atomic E-state index is -1.27. The first-order chi connectivity index (χ1) is 10.0. The first-order valence-electron chi connectivity index (χ1n) is 7.55. The third-order valence-corrected chi connectivity index (χ3v) is 5.07. The molecule has 2 rings (SSSR count). The van der Waals surface area contributed by atoms with Crippen molar-refractivity contribution in [3.63, 3.8) is 0 Å². The molecule has 0 aromatic carbocycles. The van der Waals surface area contributed by atoms with Gasteiger partial charge in [0.2, 0.25) is 0 Å². The number of ether oxygens (including phenoxy) is 2. The predicted molar refractivity (Wildman–Crippen MR) is 79.4 cm³/mol. The summed E-state index contributed by atoms with van der Waals surface area (Å²) in [5.74, 6) is -0.792. The zero-order valence-electron chi connectivity index (χ0n) is 13.3. The maximum absolute atomic E-state index is 12.5. The van der Waals surface area contributed by atoms with Crippen LogP contribution in [0.25, 0.3) is 0 Å². The number of allylic oxidation sites excluding steroid dienone is 3. The number of carbonyl (C=O) groups is 2. The van der Waals surface area contributed by atoms with Crippen LogP contribution in [0.3, 0.4) is 0 Å². The summed E-state index contributed by atoms with van der Waals surface area (Å²) in [6.07, 6.45) is 7.88. The summed E-state index contributed by atoms with van der Waals surface area (Å²) in [4.78, 5) is 24.9. The molecule has 2 aliphatic rings. The van der Waals surface area contributed by atoms with Crippen LogP contribution in [0.2, 0.25) is 0 Å². The van der Waals surface area contributed by atoms with Crippen LogP contribution < -0.4 is 0 Å². The first kappa shape index (κ1) is 15.8. The molecule has 0 unspecified atom stereocenters. The Hall–Kier alpha value is -1.58. The molecule has 0 saturated heterocycles. The molecule has 4 heteroatoms. The van der Waals surface area contributed by atoms with E-state index in [1.165, 1.54) is 14.2 Å². The van der Waals surface area contributed by atoms with Crippen LogP contribution in [-0.4, -0.2) is 26.2 Å². The van der Waals surface area contributed by atoms with Crippen LogP contribution in [0.5, 0.6) is 0 Å². The average Bonchev–Trinajstić information content (AvgIpc) is 2.89. The van der Waals surface area contributed by atoms with Crippen molar-refractivity contribution in [2.75, 3.05) is 14.2 Å². The van der Waals surface area contributed by atoms with Crippen molar-refractivity contribution in [1.29, 1.82) is 0 Å². The maximum atomic E-state index is 12.5. The van der Waals surface area contributed by atoms with Crippen molar-refractivity contribution in [3.05, 3.63) is 23.3 Å². The normalized spacial score (nSPS) is 27.6. The zero-order valence-corrected chi connectivity index (χ0v) is 13.3. The lowest BCUT2D eigenvalue weighted by Crippen LogP contribution is -2.46.